The first-order valence-corrected chi connectivity index (χ1v) is 10.5. The zero-order chi connectivity index (χ0) is 20.7. The van der Waals surface area contributed by atoms with E-state index in [-0.39, 0.29) is 12.1 Å². The summed E-state index contributed by atoms with van der Waals surface area (Å²) in [6.45, 7) is 10.0. The highest BCUT2D eigenvalue weighted by molar-refractivity contribution is 5.80. The zero-order valence-corrected chi connectivity index (χ0v) is 17.8. The number of likely N-dealkylation sites (tertiary alicyclic amines) is 1. The molecule has 0 aromatic carbocycles. The molecule has 1 aromatic heterocycles. The highest BCUT2D eigenvalue weighted by atomic mass is 16.6. The standard InChI is InChI=1S/C21H34N4O4/c1-21(2,3)29-20(26)25-10-7-17(14-25)24-19(23-13-16-8-12-27-15-16)22-9-6-18-5-4-11-28-18/h4-5,11,16-17H,6-10,12-15H2,1-3H3,(H2,22,23,24). The quantitative estimate of drug-likeness (QED) is 0.557. The van der Waals surface area contributed by atoms with E-state index in [2.05, 4.69) is 10.6 Å². The number of furan rings is 1. The Balaban J connectivity index is 1.51. The second kappa shape index (κ2) is 10.0. The summed E-state index contributed by atoms with van der Waals surface area (Å²) >= 11 is 0. The summed E-state index contributed by atoms with van der Waals surface area (Å²) in [5.74, 6) is 2.19. The molecule has 0 aliphatic carbocycles. The van der Waals surface area contributed by atoms with E-state index in [9.17, 15) is 4.79 Å². The van der Waals surface area contributed by atoms with Crippen molar-refractivity contribution in [2.45, 2.75) is 51.7 Å². The molecule has 2 N–H and O–H groups in total. The van der Waals surface area contributed by atoms with Crippen molar-refractivity contribution in [2.24, 2.45) is 10.9 Å². The van der Waals surface area contributed by atoms with Gasteiger partial charge in [-0.25, -0.2) is 4.79 Å². The smallest absolute Gasteiger partial charge is 0.410 e. The van der Waals surface area contributed by atoms with Crippen molar-refractivity contribution in [3.63, 3.8) is 0 Å². The number of nitrogens with zero attached hydrogens (tertiary/aromatic N) is 2. The number of rotatable bonds is 6. The highest BCUT2D eigenvalue weighted by Crippen LogP contribution is 2.16. The molecule has 2 atom stereocenters. The summed E-state index contributed by atoms with van der Waals surface area (Å²) in [5.41, 5.74) is -0.480. The van der Waals surface area contributed by atoms with Gasteiger partial charge in [0, 0.05) is 51.2 Å². The van der Waals surface area contributed by atoms with Crippen molar-refractivity contribution in [3.05, 3.63) is 24.2 Å². The SMILES string of the molecule is CC(C)(C)OC(=O)N1CCC(NC(=NCC2CCOC2)NCCc2ccco2)C1. The molecule has 29 heavy (non-hydrogen) atoms. The molecule has 2 aliphatic rings. The van der Waals surface area contributed by atoms with Crippen LogP contribution in [0.15, 0.2) is 27.8 Å². The average Bonchev–Trinajstić information content (AvgIpc) is 3.40. The Morgan fingerprint density at radius 2 is 2.24 bits per heavy atom. The van der Waals surface area contributed by atoms with Crippen LogP contribution in [0.3, 0.4) is 0 Å². The molecular formula is C21H34N4O4. The minimum atomic E-state index is -0.480. The van der Waals surface area contributed by atoms with Crippen molar-refractivity contribution in [2.75, 3.05) is 39.4 Å². The number of hydrogen-bond donors (Lipinski definition) is 2. The molecule has 8 heteroatoms. The normalized spacial score (nSPS) is 22.7. The Morgan fingerprint density at radius 3 is 2.93 bits per heavy atom. The van der Waals surface area contributed by atoms with Gasteiger partial charge in [-0.05, 0) is 45.7 Å². The Labute approximate surface area is 173 Å². The van der Waals surface area contributed by atoms with E-state index >= 15 is 0 Å². The molecule has 0 saturated carbocycles. The lowest BCUT2D eigenvalue weighted by atomic mass is 10.1. The fourth-order valence-corrected chi connectivity index (χ4v) is 3.42. The predicted molar refractivity (Wildman–Crippen MR) is 111 cm³/mol. The van der Waals surface area contributed by atoms with E-state index in [0.717, 1.165) is 57.3 Å². The fourth-order valence-electron chi connectivity index (χ4n) is 3.42. The van der Waals surface area contributed by atoms with Crippen LogP contribution in [0.4, 0.5) is 4.79 Å². The number of hydrogen-bond acceptors (Lipinski definition) is 5. The molecular weight excluding hydrogens is 372 g/mol. The molecule has 3 heterocycles. The van der Waals surface area contributed by atoms with E-state index in [1.807, 2.05) is 32.9 Å². The Morgan fingerprint density at radius 1 is 1.38 bits per heavy atom. The van der Waals surface area contributed by atoms with Crippen LogP contribution < -0.4 is 10.6 Å². The Hall–Kier alpha value is -2.22. The summed E-state index contributed by atoms with van der Waals surface area (Å²) in [7, 11) is 0. The van der Waals surface area contributed by atoms with Crippen LogP contribution in [0.1, 0.15) is 39.4 Å². The zero-order valence-electron chi connectivity index (χ0n) is 17.8. The Bertz CT molecular complexity index is 663. The van der Waals surface area contributed by atoms with Gasteiger partial charge in [-0.3, -0.25) is 4.99 Å². The maximum absolute atomic E-state index is 12.3. The molecule has 1 aromatic rings. The first kappa shape index (κ1) is 21.5. The number of ether oxygens (including phenoxy) is 2. The van der Waals surface area contributed by atoms with Crippen molar-refractivity contribution >= 4 is 12.1 Å². The Kier molecular flexibility index (Phi) is 7.41. The lowest BCUT2D eigenvalue weighted by molar-refractivity contribution is 0.0292. The summed E-state index contributed by atoms with van der Waals surface area (Å²) in [6, 6.07) is 4.02. The van der Waals surface area contributed by atoms with Crippen LogP contribution in [0.25, 0.3) is 0 Å². The van der Waals surface area contributed by atoms with Crippen LogP contribution in [0.5, 0.6) is 0 Å². The van der Waals surface area contributed by atoms with Crippen molar-refractivity contribution in [1.82, 2.24) is 15.5 Å². The maximum Gasteiger partial charge on any atom is 0.410 e. The van der Waals surface area contributed by atoms with Crippen molar-refractivity contribution in [1.29, 1.82) is 0 Å². The van der Waals surface area contributed by atoms with Gasteiger partial charge in [-0.1, -0.05) is 0 Å². The third-order valence-electron chi connectivity index (χ3n) is 4.96. The highest BCUT2D eigenvalue weighted by Gasteiger charge is 2.30. The predicted octanol–water partition coefficient (Wildman–Crippen LogP) is 2.40. The van der Waals surface area contributed by atoms with Gasteiger partial charge in [-0.2, -0.15) is 0 Å². The van der Waals surface area contributed by atoms with E-state index in [0.29, 0.717) is 19.0 Å². The van der Waals surface area contributed by atoms with E-state index in [4.69, 9.17) is 18.9 Å². The summed E-state index contributed by atoms with van der Waals surface area (Å²) in [4.78, 5) is 18.8. The van der Waals surface area contributed by atoms with Gasteiger partial charge in [-0.15, -0.1) is 0 Å². The molecule has 1 amide bonds. The van der Waals surface area contributed by atoms with Gasteiger partial charge >= 0.3 is 6.09 Å². The first-order chi connectivity index (χ1) is 13.9. The molecule has 0 bridgehead atoms. The fraction of sp³-hybridized carbons (Fsp3) is 0.714. The second-order valence-corrected chi connectivity index (χ2v) is 8.73. The number of amides is 1. The van der Waals surface area contributed by atoms with Crippen molar-refractivity contribution in [3.8, 4) is 0 Å². The van der Waals surface area contributed by atoms with Gasteiger partial charge in [0.15, 0.2) is 5.96 Å². The largest absolute Gasteiger partial charge is 0.469 e. The number of guanidine groups is 1. The van der Waals surface area contributed by atoms with Gasteiger partial charge in [0.25, 0.3) is 0 Å². The van der Waals surface area contributed by atoms with Gasteiger partial charge in [0.2, 0.25) is 0 Å². The molecule has 3 rings (SSSR count). The lowest BCUT2D eigenvalue weighted by Crippen LogP contribution is -2.46. The van der Waals surface area contributed by atoms with Crippen LogP contribution in [0, 0.1) is 5.92 Å². The number of carbonyl (C=O) groups is 1. The molecule has 2 fully saturated rings. The summed E-state index contributed by atoms with van der Waals surface area (Å²) < 4.78 is 16.3. The van der Waals surface area contributed by atoms with Crippen LogP contribution in [-0.4, -0.2) is 68.0 Å². The maximum atomic E-state index is 12.3. The van der Waals surface area contributed by atoms with Crippen LogP contribution in [-0.2, 0) is 15.9 Å². The minimum Gasteiger partial charge on any atom is -0.469 e. The number of aliphatic imine (C=N–C) groups is 1. The lowest BCUT2D eigenvalue weighted by Gasteiger charge is -2.24. The molecule has 0 radical (unpaired) electrons. The minimum absolute atomic E-state index is 0.150. The topological polar surface area (TPSA) is 88.3 Å². The molecule has 2 unspecified atom stereocenters. The van der Waals surface area contributed by atoms with E-state index in [1.54, 1.807) is 11.2 Å². The van der Waals surface area contributed by atoms with Crippen molar-refractivity contribution < 1.29 is 18.7 Å². The van der Waals surface area contributed by atoms with Gasteiger partial charge in [0.1, 0.15) is 11.4 Å². The van der Waals surface area contributed by atoms with E-state index in [1.165, 1.54) is 0 Å². The number of nitrogens with one attached hydrogen (secondary N) is 2. The second-order valence-electron chi connectivity index (χ2n) is 8.73. The molecule has 162 valence electrons. The third kappa shape index (κ3) is 7.27. The molecule has 0 spiro atoms. The summed E-state index contributed by atoms with van der Waals surface area (Å²) in [6.07, 6.45) is 4.14. The summed E-state index contributed by atoms with van der Waals surface area (Å²) in [5, 5.41) is 6.88. The van der Waals surface area contributed by atoms with Crippen LogP contribution in [0.2, 0.25) is 0 Å². The molecule has 8 nitrogen and oxygen atoms in total. The average molecular weight is 407 g/mol. The molecule has 2 aliphatic heterocycles. The monoisotopic (exact) mass is 406 g/mol. The van der Waals surface area contributed by atoms with Gasteiger partial charge < -0.3 is 29.4 Å². The van der Waals surface area contributed by atoms with E-state index < -0.39 is 5.60 Å². The molecule has 2 saturated heterocycles. The van der Waals surface area contributed by atoms with Gasteiger partial charge in [0.05, 0.1) is 12.9 Å². The first-order valence-electron chi connectivity index (χ1n) is 10.5. The third-order valence-corrected chi connectivity index (χ3v) is 4.96. The van der Waals surface area contributed by atoms with Crippen LogP contribution >= 0.6 is 0 Å². The number of carbonyl (C=O) groups excluding carboxylic acids is 1.